The third kappa shape index (κ3) is 4.51. The van der Waals surface area contributed by atoms with Gasteiger partial charge in [0.15, 0.2) is 0 Å². The molecule has 2 N–H and O–H groups in total. The predicted octanol–water partition coefficient (Wildman–Crippen LogP) is 4.47. The average molecular weight is 416 g/mol. The van der Waals surface area contributed by atoms with Crippen LogP contribution in [0.1, 0.15) is 19.4 Å². The number of carbonyl (C=O) groups excluding carboxylic acids is 2. The number of nitrogens with one attached hydrogen (secondary N) is 2. The fraction of sp³-hybridized carbons (Fsp3) is 0.190. The lowest BCUT2D eigenvalue weighted by atomic mass is 10.1. The zero-order valence-electron chi connectivity index (χ0n) is 16.2. The molecule has 156 valence electrons. The summed E-state index contributed by atoms with van der Waals surface area (Å²) in [7, 11) is 0. The molecule has 2 aromatic rings. The third-order valence-corrected chi connectivity index (χ3v) is 4.44. The topological polar surface area (TPSA) is 73.8 Å². The first kappa shape index (κ1) is 21.1. The molecule has 1 aliphatic rings. The molecule has 3 rings (SSSR count). The van der Waals surface area contributed by atoms with Crippen molar-refractivity contribution in [2.75, 3.05) is 15.6 Å². The minimum atomic E-state index is -5.01. The van der Waals surface area contributed by atoms with Gasteiger partial charge in [-0.2, -0.15) is 23.3 Å². The van der Waals surface area contributed by atoms with Crippen LogP contribution in [0.2, 0.25) is 0 Å². The summed E-state index contributed by atoms with van der Waals surface area (Å²) in [6.45, 7) is 3.68. The van der Waals surface area contributed by atoms with Crippen molar-refractivity contribution >= 4 is 34.6 Å². The lowest BCUT2D eigenvalue weighted by molar-refractivity contribution is -0.167. The number of carbonyl (C=O) groups is 2. The Morgan fingerprint density at radius 3 is 2.60 bits per heavy atom. The number of rotatable bonds is 5. The van der Waals surface area contributed by atoms with Crippen LogP contribution < -0.4 is 15.6 Å². The van der Waals surface area contributed by atoms with E-state index in [0.29, 0.717) is 11.3 Å². The van der Waals surface area contributed by atoms with E-state index < -0.39 is 18.0 Å². The van der Waals surface area contributed by atoms with Crippen LogP contribution in [0.3, 0.4) is 0 Å². The minimum Gasteiger partial charge on any atom is -0.361 e. The van der Waals surface area contributed by atoms with E-state index in [4.69, 9.17) is 0 Å². The van der Waals surface area contributed by atoms with Crippen LogP contribution in [-0.2, 0) is 16.0 Å². The molecule has 0 saturated heterocycles. The van der Waals surface area contributed by atoms with Crippen molar-refractivity contribution in [1.82, 2.24) is 0 Å². The Bertz CT molecular complexity index is 1040. The number of anilines is 3. The Kier molecular flexibility index (Phi) is 5.91. The van der Waals surface area contributed by atoms with Gasteiger partial charge in [-0.3, -0.25) is 9.59 Å². The Hall–Kier alpha value is -3.62. The second kappa shape index (κ2) is 8.40. The Labute approximate surface area is 171 Å². The van der Waals surface area contributed by atoms with Gasteiger partial charge in [0.2, 0.25) is 0 Å². The molecule has 0 aliphatic carbocycles. The standard InChI is InChI=1S/C21H19F3N4O2/c1-3-14-7-4-5-10-18(14)25-12-17-13(2)27-28(19(17)29)16-9-6-8-15(11-16)26-20(30)21(22,23)24/h4-12,25H,3H2,1-2H3,(H,26,30)/b17-12+. The van der Waals surface area contributed by atoms with Gasteiger partial charge in [0.05, 0.1) is 17.0 Å². The van der Waals surface area contributed by atoms with E-state index in [9.17, 15) is 22.8 Å². The number of nitrogens with zero attached hydrogens (tertiary/aromatic N) is 2. The van der Waals surface area contributed by atoms with Crippen molar-refractivity contribution in [3.05, 3.63) is 65.9 Å². The molecular weight excluding hydrogens is 397 g/mol. The van der Waals surface area contributed by atoms with Crippen LogP contribution in [0, 0.1) is 0 Å². The van der Waals surface area contributed by atoms with Crippen molar-refractivity contribution < 1.29 is 22.8 Å². The number of hydrogen-bond donors (Lipinski definition) is 2. The molecule has 0 saturated carbocycles. The van der Waals surface area contributed by atoms with Gasteiger partial charge in [0.1, 0.15) is 0 Å². The molecule has 0 unspecified atom stereocenters. The van der Waals surface area contributed by atoms with Gasteiger partial charge >= 0.3 is 12.1 Å². The Balaban J connectivity index is 1.80. The fourth-order valence-electron chi connectivity index (χ4n) is 2.90. The first-order valence-corrected chi connectivity index (χ1v) is 9.13. The van der Waals surface area contributed by atoms with Gasteiger partial charge in [-0.1, -0.05) is 31.2 Å². The summed E-state index contributed by atoms with van der Waals surface area (Å²) in [5.41, 5.74) is 2.86. The summed E-state index contributed by atoms with van der Waals surface area (Å²) in [5, 5.41) is 10.2. The molecular formula is C21H19F3N4O2. The molecule has 30 heavy (non-hydrogen) atoms. The van der Waals surface area contributed by atoms with E-state index in [-0.39, 0.29) is 11.4 Å². The molecule has 0 spiro atoms. The number of alkyl halides is 3. The highest BCUT2D eigenvalue weighted by atomic mass is 19.4. The molecule has 6 nitrogen and oxygen atoms in total. The quantitative estimate of drug-likeness (QED) is 0.707. The summed E-state index contributed by atoms with van der Waals surface area (Å²) in [6.07, 6.45) is -2.63. The molecule has 0 atom stereocenters. The molecule has 0 bridgehead atoms. The molecule has 0 radical (unpaired) electrons. The van der Waals surface area contributed by atoms with Gasteiger partial charge < -0.3 is 10.6 Å². The molecule has 2 aromatic carbocycles. The summed E-state index contributed by atoms with van der Waals surface area (Å²) >= 11 is 0. The number of amides is 2. The molecule has 1 heterocycles. The van der Waals surface area contributed by atoms with Crippen molar-refractivity contribution in [3.8, 4) is 0 Å². The van der Waals surface area contributed by atoms with Gasteiger partial charge in [-0.15, -0.1) is 0 Å². The van der Waals surface area contributed by atoms with Crippen LogP contribution >= 0.6 is 0 Å². The fourth-order valence-corrected chi connectivity index (χ4v) is 2.90. The predicted molar refractivity (Wildman–Crippen MR) is 109 cm³/mol. The van der Waals surface area contributed by atoms with Crippen molar-refractivity contribution in [2.45, 2.75) is 26.4 Å². The second-order valence-electron chi connectivity index (χ2n) is 6.52. The molecule has 1 aliphatic heterocycles. The van der Waals surface area contributed by atoms with Crippen molar-refractivity contribution in [3.63, 3.8) is 0 Å². The Morgan fingerprint density at radius 2 is 1.90 bits per heavy atom. The highest BCUT2D eigenvalue weighted by molar-refractivity contribution is 6.29. The molecule has 2 amide bonds. The number of aryl methyl sites for hydroxylation is 1. The van der Waals surface area contributed by atoms with E-state index in [1.54, 1.807) is 18.4 Å². The number of para-hydroxylation sites is 1. The lowest BCUT2D eigenvalue weighted by Crippen LogP contribution is -2.30. The van der Waals surface area contributed by atoms with Gasteiger partial charge in [0.25, 0.3) is 5.91 Å². The van der Waals surface area contributed by atoms with Gasteiger partial charge in [-0.05, 0) is 43.2 Å². The van der Waals surface area contributed by atoms with Crippen molar-refractivity contribution in [1.29, 1.82) is 0 Å². The van der Waals surface area contributed by atoms with E-state index in [2.05, 4.69) is 10.4 Å². The number of halogens is 3. The number of hydrazone groups is 1. The van der Waals surface area contributed by atoms with Crippen LogP contribution in [0.15, 0.2) is 65.4 Å². The maximum absolute atomic E-state index is 12.8. The first-order valence-electron chi connectivity index (χ1n) is 9.13. The van der Waals surface area contributed by atoms with Crippen LogP contribution in [0.4, 0.5) is 30.2 Å². The summed E-state index contributed by atoms with van der Waals surface area (Å²) in [6, 6.07) is 13.2. The zero-order chi connectivity index (χ0) is 21.9. The maximum atomic E-state index is 12.8. The normalized spacial score (nSPS) is 15.4. The van der Waals surface area contributed by atoms with Gasteiger partial charge in [0, 0.05) is 17.6 Å². The van der Waals surface area contributed by atoms with Gasteiger partial charge in [-0.25, -0.2) is 0 Å². The van der Waals surface area contributed by atoms with Crippen LogP contribution in [0.25, 0.3) is 0 Å². The Morgan fingerprint density at radius 1 is 1.17 bits per heavy atom. The average Bonchev–Trinajstić information content (AvgIpc) is 2.99. The van der Waals surface area contributed by atoms with Crippen LogP contribution in [0.5, 0.6) is 0 Å². The highest BCUT2D eigenvalue weighted by Crippen LogP contribution is 2.27. The smallest absolute Gasteiger partial charge is 0.361 e. The van der Waals surface area contributed by atoms with Crippen molar-refractivity contribution in [2.24, 2.45) is 5.10 Å². The van der Waals surface area contributed by atoms with E-state index >= 15 is 0 Å². The van der Waals surface area contributed by atoms with E-state index in [0.717, 1.165) is 22.7 Å². The SMILES string of the molecule is CCc1ccccc1N/C=C1/C(=O)N(c2cccc(NC(=O)C(F)(F)F)c2)N=C1C. The largest absolute Gasteiger partial charge is 0.471 e. The lowest BCUT2D eigenvalue weighted by Gasteiger charge is -2.14. The third-order valence-electron chi connectivity index (χ3n) is 4.44. The second-order valence-corrected chi connectivity index (χ2v) is 6.52. The molecule has 0 fully saturated rings. The first-order chi connectivity index (χ1) is 14.2. The zero-order valence-corrected chi connectivity index (χ0v) is 16.2. The number of hydrogen-bond acceptors (Lipinski definition) is 4. The molecule has 0 aromatic heterocycles. The summed E-state index contributed by atoms with van der Waals surface area (Å²) in [4.78, 5) is 24.0. The maximum Gasteiger partial charge on any atom is 0.471 e. The highest BCUT2D eigenvalue weighted by Gasteiger charge is 2.38. The van der Waals surface area contributed by atoms with E-state index in [1.807, 2.05) is 31.2 Å². The van der Waals surface area contributed by atoms with Crippen LogP contribution in [-0.4, -0.2) is 23.7 Å². The minimum absolute atomic E-state index is 0.0945. The molecule has 9 heteroatoms. The number of benzene rings is 2. The van der Waals surface area contributed by atoms with E-state index in [1.165, 1.54) is 24.3 Å². The summed E-state index contributed by atoms with van der Waals surface area (Å²) < 4.78 is 37.4. The summed E-state index contributed by atoms with van der Waals surface area (Å²) in [5.74, 6) is -2.53. The monoisotopic (exact) mass is 416 g/mol.